The lowest BCUT2D eigenvalue weighted by molar-refractivity contribution is -0.134. The summed E-state index contributed by atoms with van der Waals surface area (Å²) < 4.78 is 12.2. The quantitative estimate of drug-likeness (QED) is 0.675. The van der Waals surface area contributed by atoms with Crippen LogP contribution in [-0.2, 0) is 14.3 Å². The fourth-order valence-electron chi connectivity index (χ4n) is 4.41. The van der Waals surface area contributed by atoms with Crippen molar-refractivity contribution in [1.82, 2.24) is 10.2 Å². The number of likely N-dealkylation sites (N-methyl/N-ethyl adjacent to an activating group) is 1. The van der Waals surface area contributed by atoms with Crippen LogP contribution in [0.4, 0.5) is 5.69 Å². The molecule has 174 valence electrons. The number of nitrogens with one attached hydrogen (secondary N) is 2. The molecule has 0 spiro atoms. The van der Waals surface area contributed by atoms with Gasteiger partial charge in [0.05, 0.1) is 24.1 Å². The highest BCUT2D eigenvalue weighted by Gasteiger charge is 2.39. The minimum absolute atomic E-state index is 0.0274. The summed E-state index contributed by atoms with van der Waals surface area (Å²) in [5.74, 6) is 0.912. The van der Waals surface area contributed by atoms with Crippen molar-refractivity contribution in [2.24, 2.45) is 5.92 Å². The van der Waals surface area contributed by atoms with Crippen LogP contribution in [0.1, 0.15) is 62.2 Å². The zero-order chi connectivity index (χ0) is 22.7. The van der Waals surface area contributed by atoms with E-state index >= 15 is 0 Å². The van der Waals surface area contributed by atoms with Crippen molar-refractivity contribution >= 4 is 23.4 Å². The van der Waals surface area contributed by atoms with Gasteiger partial charge in [-0.25, -0.2) is 0 Å². The second-order valence-electron chi connectivity index (χ2n) is 9.13. The molecule has 1 aromatic rings. The number of fused-ring (bicyclic) bond motifs is 2. The minimum atomic E-state index is -0.295. The molecule has 2 heterocycles. The molecular weight excluding hydrogens is 410 g/mol. The number of hydrogen-bond donors (Lipinski definition) is 2. The van der Waals surface area contributed by atoms with Gasteiger partial charge >= 0.3 is 0 Å². The van der Waals surface area contributed by atoms with Gasteiger partial charge in [-0.3, -0.25) is 14.4 Å². The number of ether oxygens (including phenoxy) is 2. The smallest absolute Gasteiger partial charge is 0.257 e. The van der Waals surface area contributed by atoms with Gasteiger partial charge < -0.3 is 25.0 Å². The summed E-state index contributed by atoms with van der Waals surface area (Å²) in [6.07, 6.45) is 4.94. The van der Waals surface area contributed by atoms with Gasteiger partial charge in [-0.2, -0.15) is 0 Å². The number of carbonyl (C=O) groups excluding carboxylic acids is 3. The second-order valence-corrected chi connectivity index (χ2v) is 9.13. The van der Waals surface area contributed by atoms with Gasteiger partial charge in [0, 0.05) is 25.7 Å². The monoisotopic (exact) mass is 443 g/mol. The zero-order valence-electron chi connectivity index (χ0n) is 18.9. The summed E-state index contributed by atoms with van der Waals surface area (Å²) in [7, 11) is 1.78. The number of carbonyl (C=O) groups is 3. The van der Waals surface area contributed by atoms with E-state index in [-0.39, 0.29) is 36.0 Å². The van der Waals surface area contributed by atoms with Crippen LogP contribution < -0.4 is 15.4 Å². The molecule has 1 saturated carbocycles. The van der Waals surface area contributed by atoms with E-state index in [0.29, 0.717) is 42.4 Å². The van der Waals surface area contributed by atoms with E-state index in [4.69, 9.17) is 9.47 Å². The molecular formula is C24H33N3O5. The molecule has 2 N–H and O–H groups in total. The van der Waals surface area contributed by atoms with Crippen LogP contribution in [0.5, 0.6) is 5.75 Å². The van der Waals surface area contributed by atoms with E-state index in [1.807, 2.05) is 6.92 Å². The molecule has 2 fully saturated rings. The van der Waals surface area contributed by atoms with Gasteiger partial charge in [0.2, 0.25) is 11.8 Å². The molecule has 3 atom stereocenters. The third kappa shape index (κ3) is 5.41. The molecule has 3 amide bonds. The van der Waals surface area contributed by atoms with Crippen molar-refractivity contribution < 1.29 is 23.9 Å². The number of hydrogen-bond acceptors (Lipinski definition) is 5. The summed E-state index contributed by atoms with van der Waals surface area (Å²) in [5, 5.41) is 5.84. The predicted octanol–water partition coefficient (Wildman–Crippen LogP) is 2.72. The van der Waals surface area contributed by atoms with Crippen molar-refractivity contribution in [2.75, 3.05) is 25.5 Å². The van der Waals surface area contributed by atoms with Gasteiger partial charge in [-0.15, -0.1) is 0 Å². The first-order valence-electron chi connectivity index (χ1n) is 11.7. The molecule has 32 heavy (non-hydrogen) atoms. The molecule has 0 radical (unpaired) electrons. The molecule has 8 heteroatoms. The summed E-state index contributed by atoms with van der Waals surface area (Å²) in [5.41, 5.74) is 1.02. The molecule has 2 aliphatic heterocycles. The Labute approximate surface area is 189 Å². The lowest BCUT2D eigenvalue weighted by atomic mass is 9.94. The molecule has 0 unspecified atom stereocenters. The van der Waals surface area contributed by atoms with E-state index < -0.39 is 0 Å². The fourth-order valence-corrected chi connectivity index (χ4v) is 4.41. The van der Waals surface area contributed by atoms with Gasteiger partial charge in [-0.05, 0) is 56.2 Å². The van der Waals surface area contributed by atoms with Gasteiger partial charge in [0.1, 0.15) is 18.5 Å². The van der Waals surface area contributed by atoms with Crippen LogP contribution in [-0.4, -0.2) is 61.1 Å². The first-order chi connectivity index (χ1) is 15.4. The predicted molar refractivity (Wildman–Crippen MR) is 120 cm³/mol. The van der Waals surface area contributed by atoms with Crippen molar-refractivity contribution in [3.8, 4) is 5.75 Å². The molecule has 3 aliphatic rings. The van der Waals surface area contributed by atoms with Crippen molar-refractivity contribution in [3.63, 3.8) is 0 Å². The molecule has 1 saturated heterocycles. The average Bonchev–Trinajstić information content (AvgIpc) is 3.60. The molecule has 0 aromatic heterocycles. The fraction of sp³-hybridized carbons (Fsp3) is 0.625. The Kier molecular flexibility index (Phi) is 6.98. The molecule has 0 bridgehead atoms. The first-order valence-corrected chi connectivity index (χ1v) is 11.7. The lowest BCUT2D eigenvalue weighted by Crippen LogP contribution is -2.54. The Morgan fingerprint density at radius 1 is 1.16 bits per heavy atom. The Bertz CT molecular complexity index is 869. The highest BCUT2D eigenvalue weighted by atomic mass is 16.5. The SMILES string of the molecule is CCCC(=O)Nc1ccc2c(c1)C(=O)N(C)[C@@H]1CC[C@@H](CC(=O)NCC3CC3)O[C@H]1CO2. The number of nitrogens with zero attached hydrogens (tertiary/aromatic N) is 1. The lowest BCUT2D eigenvalue weighted by Gasteiger charge is -2.42. The number of anilines is 1. The topological polar surface area (TPSA) is 97.0 Å². The molecule has 4 rings (SSSR count). The number of benzene rings is 1. The van der Waals surface area contributed by atoms with Crippen molar-refractivity contribution in [1.29, 1.82) is 0 Å². The minimum Gasteiger partial charge on any atom is -0.490 e. The maximum Gasteiger partial charge on any atom is 0.257 e. The third-order valence-corrected chi connectivity index (χ3v) is 6.47. The van der Waals surface area contributed by atoms with Crippen LogP contribution in [0.2, 0.25) is 0 Å². The summed E-state index contributed by atoms with van der Waals surface area (Å²) in [6, 6.07) is 5.01. The van der Waals surface area contributed by atoms with Crippen LogP contribution in [0.3, 0.4) is 0 Å². The van der Waals surface area contributed by atoms with E-state index in [0.717, 1.165) is 25.8 Å². The standard InChI is InChI=1S/C24H33N3O5/c1-3-4-22(28)26-16-7-10-20-18(11-16)24(30)27(2)19-9-8-17(32-21(19)14-31-20)12-23(29)25-13-15-5-6-15/h7,10-11,15,17,19,21H,3-6,8-9,12-14H2,1-2H3,(H,25,29)(H,26,28)/t17-,19+,21-/m0/s1. The average molecular weight is 444 g/mol. The normalized spacial score (nSPS) is 25.0. The van der Waals surface area contributed by atoms with Crippen molar-refractivity contribution in [3.05, 3.63) is 23.8 Å². The Balaban J connectivity index is 1.41. The van der Waals surface area contributed by atoms with Gasteiger partial charge in [-0.1, -0.05) is 6.92 Å². The molecule has 8 nitrogen and oxygen atoms in total. The Hall–Kier alpha value is -2.61. The molecule has 1 aromatic carbocycles. The molecule has 1 aliphatic carbocycles. The Morgan fingerprint density at radius 2 is 1.97 bits per heavy atom. The zero-order valence-corrected chi connectivity index (χ0v) is 18.9. The van der Waals surface area contributed by atoms with E-state index in [9.17, 15) is 14.4 Å². The number of amides is 3. The van der Waals surface area contributed by atoms with E-state index in [1.54, 1.807) is 30.1 Å². The number of rotatable bonds is 7. The largest absolute Gasteiger partial charge is 0.490 e. The summed E-state index contributed by atoms with van der Waals surface area (Å²) in [4.78, 5) is 39.1. The van der Waals surface area contributed by atoms with Crippen LogP contribution >= 0.6 is 0 Å². The van der Waals surface area contributed by atoms with E-state index in [2.05, 4.69) is 10.6 Å². The highest BCUT2D eigenvalue weighted by molar-refractivity contribution is 5.99. The van der Waals surface area contributed by atoms with Gasteiger partial charge in [0.25, 0.3) is 5.91 Å². The second kappa shape index (κ2) is 9.90. The maximum absolute atomic E-state index is 13.2. The maximum atomic E-state index is 13.2. The van der Waals surface area contributed by atoms with Gasteiger partial charge in [0.15, 0.2) is 0 Å². The highest BCUT2D eigenvalue weighted by Crippen LogP contribution is 2.33. The third-order valence-electron chi connectivity index (χ3n) is 6.47. The van der Waals surface area contributed by atoms with Crippen LogP contribution in [0.15, 0.2) is 18.2 Å². The first kappa shape index (κ1) is 22.6. The van der Waals surface area contributed by atoms with E-state index in [1.165, 1.54) is 12.8 Å². The van der Waals surface area contributed by atoms with Crippen LogP contribution in [0, 0.1) is 5.92 Å². The Morgan fingerprint density at radius 3 is 2.72 bits per heavy atom. The summed E-state index contributed by atoms with van der Waals surface area (Å²) in [6.45, 7) is 3.01. The van der Waals surface area contributed by atoms with Crippen LogP contribution in [0.25, 0.3) is 0 Å². The summed E-state index contributed by atoms with van der Waals surface area (Å²) >= 11 is 0. The van der Waals surface area contributed by atoms with Crippen molar-refractivity contribution in [2.45, 2.75) is 70.1 Å².